The fourth-order valence-corrected chi connectivity index (χ4v) is 0.861. The first kappa shape index (κ1) is 7.32. The minimum atomic E-state index is 0.00435. The molecule has 0 bridgehead atoms. The number of hydrogen-bond acceptors (Lipinski definition) is 1. The van der Waals surface area contributed by atoms with Gasteiger partial charge in [-0.15, -0.1) is 0 Å². The molecular formula is C8H13NO. The normalized spacial score (nSPS) is 17.7. The standard InChI is InChI=1S/C8H13NO/c1-6(2)8(10)9-7-4-3-5-7/h7H,1,3-5H2,2H3,(H,9,10). The molecule has 0 aliphatic heterocycles. The fourth-order valence-electron chi connectivity index (χ4n) is 0.861. The van der Waals surface area contributed by atoms with Crippen LogP contribution >= 0.6 is 0 Å². The Bertz CT molecular complexity index is 159. The molecule has 1 aliphatic rings. The highest BCUT2D eigenvalue weighted by molar-refractivity contribution is 5.92. The lowest BCUT2D eigenvalue weighted by Crippen LogP contribution is -2.39. The number of nitrogens with one attached hydrogen (secondary N) is 1. The van der Waals surface area contributed by atoms with E-state index in [1.165, 1.54) is 6.42 Å². The van der Waals surface area contributed by atoms with Gasteiger partial charge in [0.2, 0.25) is 5.91 Å². The average Bonchev–Trinajstić information content (AvgIpc) is 1.77. The Morgan fingerprint density at radius 3 is 2.50 bits per heavy atom. The Kier molecular flexibility index (Phi) is 2.10. The van der Waals surface area contributed by atoms with Gasteiger partial charge in [0.05, 0.1) is 0 Å². The van der Waals surface area contributed by atoms with Crippen LogP contribution in [0.1, 0.15) is 26.2 Å². The van der Waals surface area contributed by atoms with Crippen molar-refractivity contribution < 1.29 is 4.79 Å². The zero-order chi connectivity index (χ0) is 7.56. The summed E-state index contributed by atoms with van der Waals surface area (Å²) in [6.45, 7) is 5.28. The van der Waals surface area contributed by atoms with Crippen molar-refractivity contribution in [1.29, 1.82) is 0 Å². The van der Waals surface area contributed by atoms with E-state index in [0.29, 0.717) is 11.6 Å². The third kappa shape index (κ3) is 1.59. The summed E-state index contributed by atoms with van der Waals surface area (Å²) in [5.41, 5.74) is 0.604. The lowest BCUT2D eigenvalue weighted by Gasteiger charge is -2.26. The molecule has 2 heteroatoms. The molecule has 1 N–H and O–H groups in total. The predicted octanol–water partition coefficient (Wildman–Crippen LogP) is 1.23. The molecule has 0 radical (unpaired) electrons. The van der Waals surface area contributed by atoms with E-state index in [9.17, 15) is 4.79 Å². The Hall–Kier alpha value is -0.790. The van der Waals surface area contributed by atoms with Crippen molar-refractivity contribution in [2.45, 2.75) is 32.2 Å². The third-order valence-corrected chi connectivity index (χ3v) is 1.83. The maximum atomic E-state index is 10.9. The van der Waals surface area contributed by atoms with Gasteiger partial charge in [0.1, 0.15) is 0 Å². The van der Waals surface area contributed by atoms with Gasteiger partial charge in [-0.2, -0.15) is 0 Å². The van der Waals surface area contributed by atoms with E-state index in [-0.39, 0.29) is 5.91 Å². The summed E-state index contributed by atoms with van der Waals surface area (Å²) in [7, 11) is 0. The summed E-state index contributed by atoms with van der Waals surface area (Å²) in [5, 5.41) is 2.88. The zero-order valence-corrected chi connectivity index (χ0v) is 6.31. The second-order valence-electron chi connectivity index (χ2n) is 2.88. The lowest BCUT2D eigenvalue weighted by atomic mass is 9.93. The Balaban J connectivity index is 2.23. The van der Waals surface area contributed by atoms with Gasteiger partial charge in [0.15, 0.2) is 0 Å². The van der Waals surface area contributed by atoms with E-state index in [2.05, 4.69) is 11.9 Å². The van der Waals surface area contributed by atoms with Gasteiger partial charge in [-0.1, -0.05) is 6.58 Å². The van der Waals surface area contributed by atoms with E-state index in [1.807, 2.05) is 0 Å². The largest absolute Gasteiger partial charge is 0.350 e. The van der Waals surface area contributed by atoms with E-state index in [0.717, 1.165) is 12.8 Å². The molecule has 0 spiro atoms. The number of hydrogen-bond donors (Lipinski definition) is 1. The van der Waals surface area contributed by atoms with E-state index < -0.39 is 0 Å². The van der Waals surface area contributed by atoms with Crippen molar-refractivity contribution in [3.05, 3.63) is 12.2 Å². The van der Waals surface area contributed by atoms with Crippen LogP contribution < -0.4 is 5.32 Å². The van der Waals surface area contributed by atoms with Crippen LogP contribution in [0.4, 0.5) is 0 Å². The highest BCUT2D eigenvalue weighted by Gasteiger charge is 2.18. The molecule has 56 valence electrons. The van der Waals surface area contributed by atoms with E-state index in [4.69, 9.17) is 0 Å². The fraction of sp³-hybridized carbons (Fsp3) is 0.625. The van der Waals surface area contributed by atoms with Crippen LogP contribution in [0.2, 0.25) is 0 Å². The topological polar surface area (TPSA) is 29.1 Å². The molecule has 1 rings (SSSR count). The van der Waals surface area contributed by atoms with Crippen molar-refractivity contribution in [3.8, 4) is 0 Å². The molecule has 10 heavy (non-hydrogen) atoms. The van der Waals surface area contributed by atoms with Crippen molar-refractivity contribution in [3.63, 3.8) is 0 Å². The van der Waals surface area contributed by atoms with Gasteiger partial charge in [-0.25, -0.2) is 0 Å². The molecule has 0 unspecified atom stereocenters. The molecule has 0 aromatic heterocycles. The molecule has 0 aromatic carbocycles. The molecule has 0 saturated heterocycles. The van der Waals surface area contributed by atoms with Crippen molar-refractivity contribution in [2.75, 3.05) is 0 Å². The SMILES string of the molecule is C=C(C)C(=O)NC1CCC1. The second kappa shape index (κ2) is 2.86. The molecule has 1 aliphatic carbocycles. The highest BCUT2D eigenvalue weighted by atomic mass is 16.1. The maximum Gasteiger partial charge on any atom is 0.246 e. The number of carbonyl (C=O) groups excluding carboxylic acids is 1. The summed E-state index contributed by atoms with van der Waals surface area (Å²) >= 11 is 0. The molecular weight excluding hydrogens is 126 g/mol. The lowest BCUT2D eigenvalue weighted by molar-refractivity contribution is -0.118. The quantitative estimate of drug-likeness (QED) is 0.573. The zero-order valence-electron chi connectivity index (χ0n) is 6.31. The van der Waals surface area contributed by atoms with E-state index in [1.54, 1.807) is 6.92 Å². The van der Waals surface area contributed by atoms with Crippen LogP contribution in [0.5, 0.6) is 0 Å². The van der Waals surface area contributed by atoms with Gasteiger partial charge in [0.25, 0.3) is 0 Å². The van der Waals surface area contributed by atoms with Gasteiger partial charge in [-0.05, 0) is 26.2 Å². The molecule has 1 fully saturated rings. The predicted molar refractivity (Wildman–Crippen MR) is 40.6 cm³/mol. The van der Waals surface area contributed by atoms with Crippen LogP contribution in [0.25, 0.3) is 0 Å². The number of carbonyl (C=O) groups is 1. The first-order valence-corrected chi connectivity index (χ1v) is 3.66. The first-order valence-electron chi connectivity index (χ1n) is 3.66. The average molecular weight is 139 g/mol. The molecule has 1 saturated carbocycles. The summed E-state index contributed by atoms with van der Waals surface area (Å²) < 4.78 is 0. The van der Waals surface area contributed by atoms with Crippen molar-refractivity contribution >= 4 is 5.91 Å². The van der Waals surface area contributed by atoms with Crippen LogP contribution in [-0.2, 0) is 4.79 Å². The first-order chi connectivity index (χ1) is 4.70. The molecule has 1 amide bonds. The van der Waals surface area contributed by atoms with Gasteiger partial charge >= 0.3 is 0 Å². The minimum absolute atomic E-state index is 0.00435. The monoisotopic (exact) mass is 139 g/mol. The Morgan fingerprint density at radius 2 is 2.20 bits per heavy atom. The van der Waals surface area contributed by atoms with Crippen LogP contribution in [0.15, 0.2) is 12.2 Å². The Labute approximate surface area is 61.3 Å². The molecule has 0 aromatic rings. The molecule has 0 atom stereocenters. The number of amides is 1. The van der Waals surface area contributed by atoms with Crippen molar-refractivity contribution in [1.82, 2.24) is 5.32 Å². The van der Waals surface area contributed by atoms with Gasteiger partial charge in [-0.3, -0.25) is 4.79 Å². The summed E-state index contributed by atoms with van der Waals surface area (Å²) in [5.74, 6) is 0.00435. The van der Waals surface area contributed by atoms with Crippen molar-refractivity contribution in [2.24, 2.45) is 0 Å². The molecule has 0 heterocycles. The maximum absolute atomic E-state index is 10.9. The van der Waals surface area contributed by atoms with Gasteiger partial charge in [0, 0.05) is 11.6 Å². The van der Waals surface area contributed by atoms with Crippen LogP contribution in [-0.4, -0.2) is 11.9 Å². The molecule has 2 nitrogen and oxygen atoms in total. The Morgan fingerprint density at radius 1 is 1.60 bits per heavy atom. The van der Waals surface area contributed by atoms with Gasteiger partial charge < -0.3 is 5.32 Å². The number of rotatable bonds is 2. The summed E-state index contributed by atoms with van der Waals surface area (Å²) in [6.07, 6.45) is 3.53. The van der Waals surface area contributed by atoms with Crippen LogP contribution in [0, 0.1) is 0 Å². The van der Waals surface area contributed by atoms with E-state index >= 15 is 0 Å². The van der Waals surface area contributed by atoms with Crippen LogP contribution in [0.3, 0.4) is 0 Å². The summed E-state index contributed by atoms with van der Waals surface area (Å²) in [4.78, 5) is 10.9. The second-order valence-corrected chi connectivity index (χ2v) is 2.88. The summed E-state index contributed by atoms with van der Waals surface area (Å²) in [6, 6.07) is 0.434. The third-order valence-electron chi connectivity index (χ3n) is 1.83. The smallest absolute Gasteiger partial charge is 0.246 e. The minimum Gasteiger partial charge on any atom is -0.350 e. The highest BCUT2D eigenvalue weighted by Crippen LogP contribution is 2.18.